The molecule has 0 nitrogen and oxygen atoms in total. The Balaban J connectivity index is 2.45. The highest BCUT2D eigenvalue weighted by Crippen LogP contribution is 1.72. The van der Waals surface area contributed by atoms with E-state index in [0.29, 0.717) is 0 Å². The standard InChI is InChI=1S/C4H10Si3/c1-3-5-7-6-4-2/h3-4H2,1-2H3. The van der Waals surface area contributed by atoms with Crippen molar-refractivity contribution in [3.05, 3.63) is 0 Å². The Hall–Kier alpha value is 0.651. The molecule has 0 aliphatic rings. The van der Waals surface area contributed by atoms with Crippen molar-refractivity contribution in [3.8, 4) is 0 Å². The van der Waals surface area contributed by atoms with Crippen molar-refractivity contribution in [2.45, 2.75) is 25.9 Å². The molecule has 0 aromatic carbocycles. The Morgan fingerprint density at radius 1 is 1.00 bits per heavy atom. The second-order valence-electron chi connectivity index (χ2n) is 1.19. The summed E-state index contributed by atoms with van der Waals surface area (Å²) in [5.41, 5.74) is 0. The lowest BCUT2D eigenvalue weighted by atomic mass is 11.0. The van der Waals surface area contributed by atoms with E-state index in [2.05, 4.69) is 13.8 Å². The Kier molecular flexibility index (Phi) is 7.27. The zero-order chi connectivity index (χ0) is 5.54. The number of hydrogen-bond acceptors (Lipinski definition) is 0. The lowest BCUT2D eigenvalue weighted by molar-refractivity contribution is 1.47. The Morgan fingerprint density at radius 2 is 1.43 bits per heavy atom. The molecule has 0 aromatic rings. The van der Waals surface area contributed by atoms with Crippen LogP contribution in [0.5, 0.6) is 0 Å². The Morgan fingerprint density at radius 3 is 1.71 bits per heavy atom. The molecule has 0 saturated carbocycles. The molecule has 0 amide bonds. The molecule has 0 rings (SSSR count). The quantitative estimate of drug-likeness (QED) is 0.402. The fraction of sp³-hybridized carbons (Fsp3) is 1.00. The molecule has 38 valence electrons. The van der Waals surface area contributed by atoms with E-state index >= 15 is 0 Å². The van der Waals surface area contributed by atoms with E-state index in [1.807, 2.05) is 0 Å². The largest absolute Gasteiger partial charge is 0.0684 e. The van der Waals surface area contributed by atoms with Crippen LogP contribution in [0.25, 0.3) is 0 Å². The maximum absolute atomic E-state index is 2.27. The van der Waals surface area contributed by atoms with Crippen LogP contribution in [0.1, 0.15) is 13.8 Å². The minimum atomic E-state index is 1.26. The molecular formula is C4H10Si3. The van der Waals surface area contributed by atoms with Crippen LogP contribution in [0.4, 0.5) is 0 Å². The summed E-state index contributed by atoms with van der Waals surface area (Å²) in [4.78, 5) is 0. The van der Waals surface area contributed by atoms with Crippen LogP contribution in [0, 0.1) is 0 Å². The molecule has 0 aliphatic heterocycles. The van der Waals surface area contributed by atoms with E-state index in [9.17, 15) is 0 Å². The zero-order valence-electron chi connectivity index (χ0n) is 4.91. The van der Waals surface area contributed by atoms with Crippen LogP contribution >= 0.6 is 0 Å². The third-order valence-corrected chi connectivity index (χ3v) is 7.95. The Labute approximate surface area is 53.1 Å². The van der Waals surface area contributed by atoms with Gasteiger partial charge in [-0.2, -0.15) is 0 Å². The van der Waals surface area contributed by atoms with Crippen LogP contribution in [0.15, 0.2) is 0 Å². The van der Waals surface area contributed by atoms with E-state index in [0.717, 1.165) is 0 Å². The van der Waals surface area contributed by atoms with Crippen LogP contribution in [-0.4, -0.2) is 26.6 Å². The molecule has 0 saturated heterocycles. The SMILES string of the molecule is CC[Si][Si][Si]CC. The summed E-state index contributed by atoms with van der Waals surface area (Å²) in [6, 6.07) is 2.82. The van der Waals surface area contributed by atoms with Gasteiger partial charge in [-0.15, -0.1) is 0 Å². The van der Waals surface area contributed by atoms with Crippen molar-refractivity contribution in [1.29, 1.82) is 0 Å². The Bertz CT molecular complexity index is 26.1. The fourth-order valence-corrected chi connectivity index (χ4v) is 6.46. The predicted octanol–water partition coefficient (Wildman–Crippen LogP) is 0.805. The van der Waals surface area contributed by atoms with Gasteiger partial charge in [-0.05, 0) is 0 Å². The topological polar surface area (TPSA) is 0 Å². The highest BCUT2D eigenvalue weighted by molar-refractivity contribution is 7.29. The van der Waals surface area contributed by atoms with Gasteiger partial charge in [0.1, 0.15) is 0 Å². The molecule has 7 heavy (non-hydrogen) atoms. The molecule has 0 fully saturated rings. The molecule has 0 unspecified atom stereocenters. The molecule has 0 aliphatic carbocycles. The molecule has 0 atom stereocenters. The fourth-order valence-electron chi connectivity index (χ4n) is 0.239. The van der Waals surface area contributed by atoms with E-state index < -0.39 is 0 Å². The molecule has 3 heteroatoms. The first kappa shape index (κ1) is 7.65. The van der Waals surface area contributed by atoms with Crippen LogP contribution < -0.4 is 0 Å². The molecule has 0 bridgehead atoms. The summed E-state index contributed by atoms with van der Waals surface area (Å²) in [5, 5.41) is 0. The molecule has 0 heterocycles. The number of rotatable bonds is 4. The second-order valence-corrected chi connectivity index (χ2v) is 8.68. The lowest BCUT2D eigenvalue weighted by Gasteiger charge is -1.86. The minimum absolute atomic E-state index is 1.26. The summed E-state index contributed by atoms with van der Waals surface area (Å²) in [5.74, 6) is 0. The van der Waals surface area contributed by atoms with E-state index in [4.69, 9.17) is 0 Å². The first-order valence-corrected chi connectivity index (χ1v) is 8.04. The summed E-state index contributed by atoms with van der Waals surface area (Å²) < 4.78 is 0. The average molecular weight is 142 g/mol. The van der Waals surface area contributed by atoms with Crippen LogP contribution in [0.3, 0.4) is 0 Å². The minimum Gasteiger partial charge on any atom is -0.0684 e. The first-order valence-electron chi connectivity index (χ1n) is 2.62. The predicted molar refractivity (Wildman–Crippen MR) is 38.2 cm³/mol. The first-order chi connectivity index (χ1) is 3.41. The van der Waals surface area contributed by atoms with Gasteiger partial charge in [0, 0.05) is 26.6 Å². The van der Waals surface area contributed by atoms with Crippen molar-refractivity contribution >= 4 is 26.6 Å². The van der Waals surface area contributed by atoms with Crippen molar-refractivity contribution in [3.63, 3.8) is 0 Å². The summed E-state index contributed by atoms with van der Waals surface area (Å²) in [6.45, 7) is 4.54. The average Bonchev–Trinajstić information content (AvgIpc) is 1.69. The van der Waals surface area contributed by atoms with Gasteiger partial charge in [-0.1, -0.05) is 25.9 Å². The van der Waals surface area contributed by atoms with E-state index in [1.165, 1.54) is 38.7 Å². The van der Waals surface area contributed by atoms with Gasteiger partial charge in [0.15, 0.2) is 0 Å². The normalized spacial score (nSPS) is 9.43. The third kappa shape index (κ3) is 6.65. The van der Waals surface area contributed by atoms with Crippen LogP contribution in [0.2, 0.25) is 12.1 Å². The monoisotopic (exact) mass is 142 g/mol. The van der Waals surface area contributed by atoms with E-state index in [-0.39, 0.29) is 0 Å². The lowest BCUT2D eigenvalue weighted by Crippen LogP contribution is -2.09. The van der Waals surface area contributed by atoms with Crippen LogP contribution in [-0.2, 0) is 0 Å². The van der Waals surface area contributed by atoms with Crippen molar-refractivity contribution in [2.75, 3.05) is 0 Å². The summed E-state index contributed by atoms with van der Waals surface area (Å²) >= 11 is 0. The van der Waals surface area contributed by atoms with Gasteiger partial charge in [-0.3, -0.25) is 0 Å². The highest BCUT2D eigenvalue weighted by Gasteiger charge is 1.84. The third-order valence-electron chi connectivity index (χ3n) is 0.530. The molecule has 0 aromatic heterocycles. The second kappa shape index (κ2) is 6.65. The van der Waals surface area contributed by atoms with Crippen molar-refractivity contribution < 1.29 is 0 Å². The van der Waals surface area contributed by atoms with Gasteiger partial charge < -0.3 is 0 Å². The highest BCUT2D eigenvalue weighted by atomic mass is 29.5. The van der Waals surface area contributed by atoms with Gasteiger partial charge in [0.05, 0.1) is 0 Å². The molecule has 0 N–H and O–H groups in total. The summed E-state index contributed by atoms with van der Waals surface area (Å²) in [6.07, 6.45) is 0. The van der Waals surface area contributed by atoms with E-state index in [1.54, 1.807) is 0 Å². The zero-order valence-corrected chi connectivity index (χ0v) is 7.91. The molecular weight excluding hydrogens is 132 g/mol. The molecule has 6 radical (unpaired) electrons. The van der Waals surface area contributed by atoms with Gasteiger partial charge in [-0.25, -0.2) is 0 Å². The smallest absolute Gasteiger partial charge is 0.0180 e. The van der Waals surface area contributed by atoms with Gasteiger partial charge >= 0.3 is 0 Å². The van der Waals surface area contributed by atoms with Gasteiger partial charge in [0.2, 0.25) is 0 Å². The maximum atomic E-state index is 2.27. The maximum Gasteiger partial charge on any atom is 0.0180 e. The van der Waals surface area contributed by atoms with Gasteiger partial charge in [0.25, 0.3) is 0 Å². The van der Waals surface area contributed by atoms with Crippen molar-refractivity contribution in [1.82, 2.24) is 0 Å². The number of hydrogen-bond donors (Lipinski definition) is 0. The molecule has 0 spiro atoms. The van der Waals surface area contributed by atoms with Crippen molar-refractivity contribution in [2.24, 2.45) is 0 Å². The summed E-state index contributed by atoms with van der Waals surface area (Å²) in [7, 11) is 3.81.